The van der Waals surface area contributed by atoms with Crippen LogP contribution >= 0.6 is 0 Å². The van der Waals surface area contributed by atoms with E-state index >= 15 is 0 Å². The zero-order valence-electron chi connectivity index (χ0n) is 22.3. The standard InChI is InChI=1S/C27H32N6O7/c1-16(34)22(23(28)36)31-21(35)15-32-12-9-27(26(32)39)8-4-11-33(27)25(38)17-6-7-20(40-2)19(13-17)30-24(37)18-5-3-10-29-14-18/h3,5-7,10,13-14,16,22,34H,4,8-9,11-12,15H2,1-2H3,(H2,28,36)(H,30,37)(H,31,35)/t16-,22+,27-/m1/s1. The molecule has 2 aliphatic rings. The number of methoxy groups -OCH3 is 1. The van der Waals surface area contributed by atoms with E-state index in [1.165, 1.54) is 36.1 Å². The number of likely N-dealkylation sites (tertiary alicyclic amines) is 2. The number of hydrogen-bond acceptors (Lipinski definition) is 8. The number of carbonyl (C=O) groups excluding carboxylic acids is 5. The van der Waals surface area contributed by atoms with Gasteiger partial charge in [0.25, 0.3) is 11.8 Å². The molecule has 5 amide bonds. The van der Waals surface area contributed by atoms with Crippen LogP contribution in [-0.4, -0.2) is 93.9 Å². The van der Waals surface area contributed by atoms with Crippen molar-refractivity contribution in [1.82, 2.24) is 20.1 Å². The first-order valence-electron chi connectivity index (χ1n) is 12.8. The van der Waals surface area contributed by atoms with Crippen molar-refractivity contribution in [2.45, 2.75) is 43.9 Å². The van der Waals surface area contributed by atoms with Crippen LogP contribution in [0, 0.1) is 0 Å². The molecule has 13 nitrogen and oxygen atoms in total. The van der Waals surface area contributed by atoms with Crippen molar-refractivity contribution in [2.75, 3.05) is 32.1 Å². The zero-order chi connectivity index (χ0) is 29.0. The van der Waals surface area contributed by atoms with Gasteiger partial charge < -0.3 is 36.0 Å². The fraction of sp³-hybridized carbons (Fsp3) is 0.407. The summed E-state index contributed by atoms with van der Waals surface area (Å²) >= 11 is 0. The maximum atomic E-state index is 13.7. The molecule has 0 radical (unpaired) electrons. The number of aliphatic hydroxyl groups is 1. The molecule has 1 aromatic carbocycles. The molecule has 3 heterocycles. The van der Waals surface area contributed by atoms with Crippen LogP contribution in [-0.2, 0) is 14.4 Å². The molecular weight excluding hydrogens is 520 g/mol. The number of nitrogens with two attached hydrogens (primary N) is 1. The fourth-order valence-electron chi connectivity index (χ4n) is 5.24. The number of benzene rings is 1. The predicted octanol–water partition coefficient (Wildman–Crippen LogP) is -0.0995. The van der Waals surface area contributed by atoms with Crippen LogP contribution in [0.1, 0.15) is 46.9 Å². The summed E-state index contributed by atoms with van der Waals surface area (Å²) in [5.74, 6) is -2.36. The van der Waals surface area contributed by atoms with Crippen LogP contribution in [0.5, 0.6) is 5.75 Å². The first kappa shape index (κ1) is 28.5. The number of ether oxygens (including phenoxy) is 1. The average molecular weight is 553 g/mol. The van der Waals surface area contributed by atoms with Gasteiger partial charge in [-0.05, 0) is 56.5 Å². The number of nitrogens with zero attached hydrogens (tertiary/aromatic N) is 3. The van der Waals surface area contributed by atoms with Crippen molar-refractivity contribution in [1.29, 1.82) is 0 Å². The van der Waals surface area contributed by atoms with Gasteiger partial charge in [-0.15, -0.1) is 0 Å². The number of anilines is 1. The van der Waals surface area contributed by atoms with Crippen molar-refractivity contribution in [2.24, 2.45) is 5.73 Å². The third-order valence-electron chi connectivity index (χ3n) is 7.27. The van der Waals surface area contributed by atoms with Gasteiger partial charge in [0.1, 0.15) is 17.3 Å². The normalized spacial score (nSPS) is 19.8. The lowest BCUT2D eigenvalue weighted by Gasteiger charge is -2.33. The fourth-order valence-corrected chi connectivity index (χ4v) is 5.24. The molecule has 13 heteroatoms. The number of hydrogen-bond donors (Lipinski definition) is 4. The number of rotatable bonds is 9. The van der Waals surface area contributed by atoms with Gasteiger partial charge in [-0.25, -0.2) is 0 Å². The van der Waals surface area contributed by atoms with Crippen LogP contribution < -0.4 is 21.1 Å². The lowest BCUT2D eigenvalue weighted by Crippen LogP contribution is -2.55. The van der Waals surface area contributed by atoms with E-state index < -0.39 is 35.4 Å². The molecule has 1 spiro atoms. The molecule has 1 aromatic heterocycles. The first-order valence-corrected chi connectivity index (χ1v) is 12.8. The summed E-state index contributed by atoms with van der Waals surface area (Å²) in [4.78, 5) is 70.9. The van der Waals surface area contributed by atoms with Crippen LogP contribution in [0.15, 0.2) is 42.7 Å². The maximum absolute atomic E-state index is 13.7. The van der Waals surface area contributed by atoms with Gasteiger partial charge in [0, 0.05) is 31.0 Å². The van der Waals surface area contributed by atoms with Gasteiger partial charge in [-0.2, -0.15) is 0 Å². The van der Waals surface area contributed by atoms with Gasteiger partial charge in [0.05, 0.1) is 31.0 Å². The Morgan fingerprint density at radius 3 is 2.60 bits per heavy atom. The molecule has 2 fully saturated rings. The summed E-state index contributed by atoms with van der Waals surface area (Å²) in [6, 6.07) is 6.59. The highest BCUT2D eigenvalue weighted by Gasteiger charge is 2.55. The Hall–Kier alpha value is -4.52. The topological polar surface area (TPSA) is 184 Å². The zero-order valence-corrected chi connectivity index (χ0v) is 22.3. The number of pyridine rings is 1. The minimum atomic E-state index is -1.29. The molecule has 2 aromatic rings. The Balaban J connectivity index is 1.50. The van der Waals surface area contributed by atoms with Crippen LogP contribution in [0.4, 0.5) is 5.69 Å². The van der Waals surface area contributed by atoms with Crippen molar-refractivity contribution >= 4 is 35.2 Å². The van der Waals surface area contributed by atoms with E-state index in [2.05, 4.69) is 15.6 Å². The van der Waals surface area contributed by atoms with Crippen molar-refractivity contribution in [3.8, 4) is 5.75 Å². The second-order valence-electron chi connectivity index (χ2n) is 9.87. The minimum Gasteiger partial charge on any atom is -0.495 e. The van der Waals surface area contributed by atoms with Crippen molar-refractivity contribution in [3.63, 3.8) is 0 Å². The van der Waals surface area contributed by atoms with Gasteiger partial charge in [-0.3, -0.25) is 29.0 Å². The maximum Gasteiger partial charge on any atom is 0.257 e. The Kier molecular flexibility index (Phi) is 8.33. The summed E-state index contributed by atoms with van der Waals surface area (Å²) in [5, 5.41) is 14.8. The predicted molar refractivity (Wildman–Crippen MR) is 142 cm³/mol. The highest BCUT2D eigenvalue weighted by Crippen LogP contribution is 2.40. The Labute approximate surface area is 230 Å². The van der Waals surface area contributed by atoms with Crippen LogP contribution in [0.3, 0.4) is 0 Å². The quantitative estimate of drug-likeness (QED) is 0.332. The molecule has 0 saturated carbocycles. The van der Waals surface area contributed by atoms with Crippen molar-refractivity contribution in [3.05, 3.63) is 53.9 Å². The largest absolute Gasteiger partial charge is 0.495 e. The average Bonchev–Trinajstić information content (AvgIpc) is 3.50. The minimum absolute atomic E-state index is 0.237. The van der Waals surface area contributed by atoms with E-state index in [1.807, 2.05) is 0 Å². The number of aromatic nitrogens is 1. The molecule has 0 bridgehead atoms. The van der Waals surface area contributed by atoms with E-state index in [4.69, 9.17) is 10.5 Å². The van der Waals surface area contributed by atoms with E-state index in [-0.39, 0.29) is 36.2 Å². The van der Waals surface area contributed by atoms with Crippen molar-refractivity contribution < 1.29 is 33.8 Å². The summed E-state index contributed by atoms with van der Waals surface area (Å²) in [6.45, 7) is 1.57. The van der Waals surface area contributed by atoms with Gasteiger partial charge in [0.2, 0.25) is 17.7 Å². The molecule has 3 atom stereocenters. The Morgan fingerprint density at radius 2 is 1.95 bits per heavy atom. The molecule has 0 unspecified atom stereocenters. The summed E-state index contributed by atoms with van der Waals surface area (Å²) in [5.41, 5.74) is 5.00. The second-order valence-corrected chi connectivity index (χ2v) is 9.87. The molecular formula is C27H32N6O7. The SMILES string of the molecule is COc1ccc(C(=O)N2CCC[C@]23CCN(CC(=O)N[C@H](C(N)=O)[C@@H](C)O)C3=O)cc1NC(=O)c1cccnc1. The molecule has 5 N–H and O–H groups in total. The summed E-state index contributed by atoms with van der Waals surface area (Å²) in [7, 11) is 1.45. The first-order chi connectivity index (χ1) is 19.1. The van der Waals surface area contributed by atoms with E-state index in [1.54, 1.807) is 30.5 Å². The van der Waals surface area contributed by atoms with Crippen LogP contribution in [0.25, 0.3) is 0 Å². The van der Waals surface area contributed by atoms with Gasteiger partial charge in [-0.1, -0.05) is 0 Å². The highest BCUT2D eigenvalue weighted by molar-refractivity contribution is 6.06. The molecule has 2 saturated heterocycles. The smallest absolute Gasteiger partial charge is 0.257 e. The van der Waals surface area contributed by atoms with E-state index in [9.17, 15) is 29.1 Å². The number of nitrogens with one attached hydrogen (secondary N) is 2. The van der Waals surface area contributed by atoms with E-state index in [0.29, 0.717) is 37.1 Å². The van der Waals surface area contributed by atoms with Gasteiger partial charge in [0.15, 0.2) is 0 Å². The Morgan fingerprint density at radius 1 is 1.18 bits per heavy atom. The summed E-state index contributed by atoms with van der Waals surface area (Å²) in [6.07, 6.45) is 3.14. The number of carbonyl (C=O) groups is 5. The summed E-state index contributed by atoms with van der Waals surface area (Å²) < 4.78 is 5.36. The molecule has 4 rings (SSSR count). The molecule has 0 aliphatic carbocycles. The second kappa shape index (κ2) is 11.7. The Bertz CT molecular complexity index is 1320. The van der Waals surface area contributed by atoms with Crippen LogP contribution in [0.2, 0.25) is 0 Å². The number of primary amides is 1. The molecule has 40 heavy (non-hydrogen) atoms. The lowest BCUT2D eigenvalue weighted by molar-refractivity contribution is -0.139. The highest BCUT2D eigenvalue weighted by atomic mass is 16.5. The van der Waals surface area contributed by atoms with E-state index in [0.717, 1.165) is 0 Å². The van der Waals surface area contributed by atoms with Gasteiger partial charge >= 0.3 is 0 Å². The molecule has 212 valence electrons. The number of aliphatic hydroxyl groups excluding tert-OH is 1. The third-order valence-corrected chi connectivity index (χ3v) is 7.27. The molecule has 2 aliphatic heterocycles. The lowest BCUT2D eigenvalue weighted by atomic mass is 9.93. The third kappa shape index (κ3) is 5.59. The monoisotopic (exact) mass is 552 g/mol. The number of amides is 5.